The third-order valence-corrected chi connectivity index (χ3v) is 1.14. The highest BCUT2D eigenvalue weighted by molar-refractivity contribution is 5.85. The highest BCUT2D eigenvalue weighted by atomic mass is 35.5. The molecule has 1 aromatic rings. The normalized spacial score (nSPS) is 12.2. The molecule has 0 radical (unpaired) electrons. The zero-order chi connectivity index (χ0) is 6.69. The van der Waals surface area contributed by atoms with Gasteiger partial charge in [0.2, 0.25) is 0 Å². The standard InChI is InChI=1S/C6H8FNO.ClH/c7-3-6(8)5-1-2-9-4-5;/h1-2,4,6H,3,8H2;1H/t6-;/m1./s1. The Balaban J connectivity index is 0.000000810. The number of rotatable bonds is 2. The van der Waals surface area contributed by atoms with Crippen molar-refractivity contribution in [2.75, 3.05) is 6.67 Å². The minimum Gasteiger partial charge on any atom is -0.472 e. The molecule has 0 fully saturated rings. The van der Waals surface area contributed by atoms with Crippen LogP contribution in [0.5, 0.6) is 0 Å². The first-order chi connectivity index (χ1) is 4.34. The van der Waals surface area contributed by atoms with E-state index in [1.165, 1.54) is 12.5 Å². The van der Waals surface area contributed by atoms with E-state index in [0.29, 0.717) is 5.56 Å². The maximum atomic E-state index is 11.8. The number of halogens is 2. The third-order valence-electron chi connectivity index (χ3n) is 1.14. The molecule has 2 nitrogen and oxygen atoms in total. The lowest BCUT2D eigenvalue weighted by molar-refractivity contribution is 0.434. The molecule has 0 aliphatic rings. The molecule has 0 saturated heterocycles. The topological polar surface area (TPSA) is 39.2 Å². The fourth-order valence-electron chi connectivity index (χ4n) is 0.575. The molecule has 1 rings (SSSR count). The van der Waals surface area contributed by atoms with Gasteiger partial charge >= 0.3 is 0 Å². The summed E-state index contributed by atoms with van der Waals surface area (Å²) in [7, 11) is 0. The molecule has 0 aliphatic heterocycles. The van der Waals surface area contributed by atoms with Gasteiger partial charge in [-0.15, -0.1) is 12.4 Å². The lowest BCUT2D eigenvalue weighted by Crippen LogP contribution is -2.10. The first-order valence-corrected chi connectivity index (χ1v) is 2.68. The van der Waals surface area contributed by atoms with Crippen LogP contribution in [-0.4, -0.2) is 6.67 Å². The summed E-state index contributed by atoms with van der Waals surface area (Å²) in [5, 5.41) is 0. The molecule has 0 aliphatic carbocycles. The van der Waals surface area contributed by atoms with Crippen LogP contribution in [-0.2, 0) is 0 Å². The van der Waals surface area contributed by atoms with Crippen LogP contribution < -0.4 is 5.73 Å². The van der Waals surface area contributed by atoms with E-state index in [0.717, 1.165) is 0 Å². The van der Waals surface area contributed by atoms with E-state index >= 15 is 0 Å². The van der Waals surface area contributed by atoms with Crippen LogP contribution in [0.25, 0.3) is 0 Å². The molecule has 0 amide bonds. The van der Waals surface area contributed by atoms with Gasteiger partial charge in [0.1, 0.15) is 6.67 Å². The highest BCUT2D eigenvalue weighted by Gasteiger charge is 2.04. The van der Waals surface area contributed by atoms with E-state index in [2.05, 4.69) is 0 Å². The van der Waals surface area contributed by atoms with Crippen LogP contribution in [0.1, 0.15) is 11.6 Å². The van der Waals surface area contributed by atoms with Crippen molar-refractivity contribution in [1.29, 1.82) is 0 Å². The molecule has 0 bridgehead atoms. The third kappa shape index (κ3) is 2.01. The number of hydrogen-bond acceptors (Lipinski definition) is 2. The van der Waals surface area contributed by atoms with Crippen molar-refractivity contribution in [3.63, 3.8) is 0 Å². The zero-order valence-electron chi connectivity index (χ0n) is 5.29. The second-order valence-corrected chi connectivity index (χ2v) is 1.82. The molecule has 4 heteroatoms. The summed E-state index contributed by atoms with van der Waals surface area (Å²) < 4.78 is 16.5. The number of alkyl halides is 1. The van der Waals surface area contributed by atoms with Gasteiger partial charge in [0.25, 0.3) is 0 Å². The quantitative estimate of drug-likeness (QED) is 0.724. The summed E-state index contributed by atoms with van der Waals surface area (Å²) in [4.78, 5) is 0. The smallest absolute Gasteiger partial charge is 0.109 e. The Morgan fingerprint density at radius 1 is 1.70 bits per heavy atom. The SMILES string of the molecule is Cl.N[C@H](CF)c1ccoc1. The summed E-state index contributed by atoms with van der Waals surface area (Å²) >= 11 is 0. The summed E-state index contributed by atoms with van der Waals surface area (Å²) in [5.41, 5.74) is 6.01. The maximum Gasteiger partial charge on any atom is 0.109 e. The molecule has 10 heavy (non-hydrogen) atoms. The Morgan fingerprint density at radius 3 is 2.80 bits per heavy atom. The average molecular weight is 166 g/mol. The summed E-state index contributed by atoms with van der Waals surface area (Å²) in [6.07, 6.45) is 2.93. The second kappa shape index (κ2) is 4.30. The molecule has 0 spiro atoms. The van der Waals surface area contributed by atoms with E-state index < -0.39 is 12.7 Å². The van der Waals surface area contributed by atoms with Crippen molar-refractivity contribution < 1.29 is 8.81 Å². The monoisotopic (exact) mass is 165 g/mol. The zero-order valence-corrected chi connectivity index (χ0v) is 6.10. The van der Waals surface area contributed by atoms with Gasteiger partial charge in [-0.1, -0.05) is 0 Å². The summed E-state index contributed by atoms with van der Waals surface area (Å²) in [6.45, 7) is -0.542. The van der Waals surface area contributed by atoms with Crippen molar-refractivity contribution in [2.24, 2.45) is 5.73 Å². The number of nitrogens with two attached hydrogens (primary N) is 1. The molecule has 2 N–H and O–H groups in total. The van der Waals surface area contributed by atoms with Crippen LogP contribution in [0.3, 0.4) is 0 Å². The molecule has 1 heterocycles. The first kappa shape index (κ1) is 9.46. The second-order valence-electron chi connectivity index (χ2n) is 1.82. The van der Waals surface area contributed by atoms with Crippen LogP contribution in [0.2, 0.25) is 0 Å². The minimum absolute atomic E-state index is 0. The van der Waals surface area contributed by atoms with Crippen molar-refractivity contribution in [3.05, 3.63) is 24.2 Å². The van der Waals surface area contributed by atoms with Gasteiger partial charge in [0.05, 0.1) is 18.6 Å². The predicted molar refractivity (Wildman–Crippen MR) is 38.9 cm³/mol. The van der Waals surface area contributed by atoms with Crippen LogP contribution in [0, 0.1) is 0 Å². The Kier molecular flexibility index (Phi) is 4.07. The molecule has 58 valence electrons. The molecule has 1 aromatic heterocycles. The van der Waals surface area contributed by atoms with Gasteiger partial charge in [0, 0.05) is 5.56 Å². The number of hydrogen-bond donors (Lipinski definition) is 1. The lowest BCUT2D eigenvalue weighted by atomic mass is 10.2. The first-order valence-electron chi connectivity index (χ1n) is 2.68. The Labute approximate surface area is 64.6 Å². The summed E-state index contributed by atoms with van der Waals surface area (Å²) in [6, 6.07) is 1.13. The van der Waals surface area contributed by atoms with E-state index in [1.54, 1.807) is 6.07 Å². The van der Waals surface area contributed by atoms with Crippen molar-refractivity contribution in [1.82, 2.24) is 0 Å². The van der Waals surface area contributed by atoms with Crippen LogP contribution in [0.15, 0.2) is 23.0 Å². The highest BCUT2D eigenvalue weighted by Crippen LogP contribution is 2.09. The molecular weight excluding hydrogens is 157 g/mol. The lowest BCUT2D eigenvalue weighted by Gasteiger charge is -1.99. The fraction of sp³-hybridized carbons (Fsp3) is 0.333. The van der Waals surface area contributed by atoms with Gasteiger partial charge in [-0.2, -0.15) is 0 Å². The predicted octanol–water partition coefficient (Wildman–Crippen LogP) is 1.67. The van der Waals surface area contributed by atoms with E-state index in [9.17, 15) is 4.39 Å². The minimum atomic E-state index is -0.542. The van der Waals surface area contributed by atoms with Crippen LogP contribution in [0.4, 0.5) is 4.39 Å². The average Bonchev–Trinajstić information content (AvgIpc) is 2.37. The fourth-order valence-corrected chi connectivity index (χ4v) is 0.575. The Hall–Kier alpha value is -0.540. The van der Waals surface area contributed by atoms with Crippen LogP contribution >= 0.6 is 12.4 Å². The van der Waals surface area contributed by atoms with Crippen molar-refractivity contribution in [3.8, 4) is 0 Å². The maximum absolute atomic E-state index is 11.8. The largest absolute Gasteiger partial charge is 0.472 e. The van der Waals surface area contributed by atoms with E-state index in [1.807, 2.05) is 0 Å². The van der Waals surface area contributed by atoms with Gasteiger partial charge < -0.3 is 10.2 Å². The molecule has 1 atom stereocenters. The molecule has 0 saturated carbocycles. The van der Waals surface area contributed by atoms with Gasteiger partial charge in [-0.3, -0.25) is 0 Å². The molecule has 0 unspecified atom stereocenters. The van der Waals surface area contributed by atoms with E-state index in [4.69, 9.17) is 10.2 Å². The number of furan rings is 1. The van der Waals surface area contributed by atoms with Crippen molar-refractivity contribution >= 4 is 12.4 Å². The van der Waals surface area contributed by atoms with E-state index in [-0.39, 0.29) is 12.4 Å². The Morgan fingerprint density at radius 2 is 2.40 bits per heavy atom. The molecule has 0 aromatic carbocycles. The van der Waals surface area contributed by atoms with Gasteiger partial charge in [-0.05, 0) is 6.07 Å². The van der Waals surface area contributed by atoms with Gasteiger partial charge in [-0.25, -0.2) is 4.39 Å². The van der Waals surface area contributed by atoms with Crippen molar-refractivity contribution in [2.45, 2.75) is 6.04 Å². The molecular formula is C6H9ClFNO. The Bertz CT molecular complexity index is 166. The summed E-state index contributed by atoms with van der Waals surface area (Å²) in [5.74, 6) is 0. The van der Waals surface area contributed by atoms with Gasteiger partial charge in [0.15, 0.2) is 0 Å².